The molecule has 2 amide bonds. The number of nitrogens with two attached hydrogens (primary N) is 1. The highest BCUT2D eigenvalue weighted by molar-refractivity contribution is 6.02. The number of nitriles is 1. The number of carbonyl (C=O) groups is 2. The van der Waals surface area contributed by atoms with E-state index >= 15 is 0 Å². The number of carbonyl (C=O) groups excluding carboxylic acids is 2. The summed E-state index contributed by atoms with van der Waals surface area (Å²) in [4.78, 5) is 30.3. The molecule has 4 rings (SSSR count). The molecule has 0 radical (unpaired) electrons. The van der Waals surface area contributed by atoms with E-state index in [9.17, 15) is 9.59 Å². The first kappa shape index (κ1) is 25.5. The molecule has 1 atom stereocenters. The molecule has 1 aliphatic rings. The fourth-order valence-electron chi connectivity index (χ4n) is 4.17. The number of methoxy groups -OCH3 is 1. The zero-order chi connectivity index (χ0) is 25.8. The van der Waals surface area contributed by atoms with E-state index in [-0.39, 0.29) is 29.3 Å². The van der Waals surface area contributed by atoms with Crippen LogP contribution in [0, 0.1) is 16.7 Å². The van der Waals surface area contributed by atoms with Gasteiger partial charge in [-0.25, -0.2) is 9.50 Å². The van der Waals surface area contributed by atoms with Gasteiger partial charge in [0.15, 0.2) is 0 Å². The Bertz CT molecular complexity index is 1280. The minimum atomic E-state index is -0.603. The molecule has 0 unspecified atom stereocenters. The van der Waals surface area contributed by atoms with Crippen LogP contribution in [0.4, 0.5) is 5.69 Å². The minimum Gasteiger partial charge on any atom is -0.481 e. The van der Waals surface area contributed by atoms with Crippen molar-refractivity contribution in [3.63, 3.8) is 0 Å². The number of fused-ring (bicyclic) bond motifs is 1. The smallest absolute Gasteiger partial charge is 0.252 e. The van der Waals surface area contributed by atoms with Gasteiger partial charge in [0, 0.05) is 42.5 Å². The Hall–Kier alpha value is -4.13. The average Bonchev–Trinajstić information content (AvgIpc) is 3.41. The quantitative estimate of drug-likeness (QED) is 0.556. The van der Waals surface area contributed by atoms with Crippen molar-refractivity contribution in [3.05, 3.63) is 42.4 Å². The number of aromatic nitrogens is 3. The number of pyridine rings is 1. The number of hydrogen-bond acceptors (Lipinski definition) is 7. The van der Waals surface area contributed by atoms with E-state index in [0.717, 1.165) is 11.1 Å². The van der Waals surface area contributed by atoms with Gasteiger partial charge < -0.3 is 20.7 Å². The summed E-state index contributed by atoms with van der Waals surface area (Å²) in [5.41, 5.74) is 8.61. The van der Waals surface area contributed by atoms with E-state index in [1.807, 2.05) is 58.2 Å². The maximum atomic E-state index is 12.3. The van der Waals surface area contributed by atoms with E-state index in [1.165, 1.54) is 6.20 Å². The number of anilines is 1. The monoisotopic (exact) mass is 477 g/mol. The zero-order valence-corrected chi connectivity index (χ0v) is 20.7. The third-order valence-corrected chi connectivity index (χ3v) is 6.03. The van der Waals surface area contributed by atoms with Gasteiger partial charge in [-0.05, 0) is 17.7 Å². The summed E-state index contributed by atoms with van der Waals surface area (Å²) < 4.78 is 6.90. The molecule has 0 spiro atoms. The molecule has 0 aromatic carbocycles. The molecule has 0 saturated carbocycles. The first-order chi connectivity index (χ1) is 16.7. The molecule has 3 N–H and O–H groups in total. The van der Waals surface area contributed by atoms with Crippen LogP contribution in [0.5, 0.6) is 5.88 Å². The second-order valence-electron chi connectivity index (χ2n) is 8.74. The first-order valence-electron chi connectivity index (χ1n) is 11.5. The lowest BCUT2D eigenvalue weighted by atomic mass is 9.87. The number of rotatable bonds is 6. The summed E-state index contributed by atoms with van der Waals surface area (Å²) in [5, 5.41) is 16.7. The van der Waals surface area contributed by atoms with Gasteiger partial charge in [-0.15, -0.1) is 0 Å². The number of hydrogen-bond donors (Lipinski definition) is 2. The van der Waals surface area contributed by atoms with Crippen LogP contribution in [0.3, 0.4) is 0 Å². The highest BCUT2D eigenvalue weighted by Gasteiger charge is 2.41. The van der Waals surface area contributed by atoms with Crippen molar-refractivity contribution in [2.24, 2.45) is 11.1 Å². The molecular weight excluding hydrogens is 446 g/mol. The third-order valence-electron chi connectivity index (χ3n) is 6.03. The fraction of sp³-hybridized carbons (Fsp3) is 0.400. The van der Waals surface area contributed by atoms with Crippen LogP contribution in [-0.4, -0.2) is 57.6 Å². The number of likely N-dealkylation sites (tertiary alicyclic amines) is 1. The predicted octanol–water partition coefficient (Wildman–Crippen LogP) is 3.09. The average molecular weight is 478 g/mol. The molecule has 3 aromatic heterocycles. The number of amides is 2. The Morgan fingerprint density at radius 3 is 2.71 bits per heavy atom. The first-order valence-corrected chi connectivity index (χ1v) is 11.5. The molecule has 0 bridgehead atoms. The van der Waals surface area contributed by atoms with Crippen molar-refractivity contribution in [3.8, 4) is 23.1 Å². The lowest BCUT2D eigenvalue weighted by molar-refractivity contribution is -0.129. The summed E-state index contributed by atoms with van der Waals surface area (Å²) in [7, 11) is 1.55. The molecular formula is C25H31N7O3. The molecule has 1 aliphatic heterocycles. The molecule has 184 valence electrons. The lowest BCUT2D eigenvalue weighted by Crippen LogP contribution is -2.35. The van der Waals surface area contributed by atoms with Crippen molar-refractivity contribution in [1.82, 2.24) is 19.5 Å². The van der Waals surface area contributed by atoms with Crippen LogP contribution in [0.1, 0.15) is 44.5 Å². The van der Waals surface area contributed by atoms with Gasteiger partial charge in [0.1, 0.15) is 6.42 Å². The summed E-state index contributed by atoms with van der Waals surface area (Å²) >= 11 is 0. The SMILES string of the molecule is CC.COc1cc(-c2cc3c(N[C@@H]4CN(C(=O)CC#N)CC4(C)C)c(C(N)=O)cnn3c2)ccn1. The summed E-state index contributed by atoms with van der Waals surface area (Å²) in [6.45, 7) is 9.00. The Labute approximate surface area is 204 Å². The van der Waals surface area contributed by atoms with E-state index in [4.69, 9.17) is 15.7 Å². The molecule has 1 fully saturated rings. The Balaban J connectivity index is 0.00000167. The number of nitrogens with one attached hydrogen (secondary N) is 1. The molecule has 1 saturated heterocycles. The van der Waals surface area contributed by atoms with Gasteiger partial charge in [0.05, 0.1) is 42.2 Å². The molecule has 4 heterocycles. The van der Waals surface area contributed by atoms with Gasteiger partial charge >= 0.3 is 0 Å². The van der Waals surface area contributed by atoms with Crippen LogP contribution in [-0.2, 0) is 4.79 Å². The van der Waals surface area contributed by atoms with E-state index in [0.29, 0.717) is 30.2 Å². The highest BCUT2D eigenvalue weighted by Crippen LogP contribution is 2.35. The van der Waals surface area contributed by atoms with Crippen LogP contribution in [0.15, 0.2) is 36.8 Å². The summed E-state index contributed by atoms with van der Waals surface area (Å²) in [5.74, 6) is -0.322. The standard InChI is InChI=1S/C23H25N7O3.C2H6/c1-23(2)13-29(20(31)4-6-24)12-18(23)28-21-16(22(25)32)10-27-30-11-15(8-17(21)30)14-5-7-26-19(9-14)33-3;1-2/h5,7-11,18,28H,4,12-13H2,1-3H3,(H2,25,32);1-2H3/t18-;/m1./s1. The van der Waals surface area contributed by atoms with Gasteiger partial charge in [-0.3, -0.25) is 9.59 Å². The topological polar surface area (TPSA) is 139 Å². The van der Waals surface area contributed by atoms with E-state index < -0.39 is 5.91 Å². The molecule has 35 heavy (non-hydrogen) atoms. The molecule has 3 aromatic rings. The summed E-state index contributed by atoms with van der Waals surface area (Å²) in [6, 6.07) is 7.34. The van der Waals surface area contributed by atoms with Crippen molar-refractivity contribution in [1.29, 1.82) is 5.26 Å². The predicted molar refractivity (Wildman–Crippen MR) is 133 cm³/mol. The minimum absolute atomic E-state index is 0.160. The second-order valence-corrected chi connectivity index (χ2v) is 8.74. The van der Waals surface area contributed by atoms with Crippen molar-refractivity contribution in [2.45, 2.75) is 40.2 Å². The Morgan fingerprint density at radius 2 is 2.06 bits per heavy atom. The van der Waals surface area contributed by atoms with Gasteiger partial charge in [-0.2, -0.15) is 10.4 Å². The number of primary amides is 1. The maximum Gasteiger partial charge on any atom is 0.252 e. The second kappa shape index (κ2) is 10.4. The van der Waals surface area contributed by atoms with E-state index in [1.54, 1.807) is 22.7 Å². The third kappa shape index (κ3) is 5.19. The van der Waals surface area contributed by atoms with Crippen molar-refractivity contribution >= 4 is 23.0 Å². The van der Waals surface area contributed by atoms with Crippen LogP contribution < -0.4 is 15.8 Å². The Morgan fingerprint density at radius 1 is 1.31 bits per heavy atom. The van der Waals surface area contributed by atoms with Gasteiger partial charge in [-0.1, -0.05) is 27.7 Å². The molecule has 10 nitrogen and oxygen atoms in total. The number of nitrogens with zero attached hydrogens (tertiary/aromatic N) is 5. The molecule has 0 aliphatic carbocycles. The van der Waals surface area contributed by atoms with Crippen LogP contribution >= 0.6 is 0 Å². The zero-order valence-electron chi connectivity index (χ0n) is 20.7. The van der Waals surface area contributed by atoms with Crippen molar-refractivity contribution in [2.75, 3.05) is 25.5 Å². The lowest BCUT2D eigenvalue weighted by Gasteiger charge is -2.28. The van der Waals surface area contributed by atoms with Gasteiger partial charge in [0.2, 0.25) is 11.8 Å². The molecule has 10 heteroatoms. The normalized spacial score (nSPS) is 16.2. The number of ether oxygens (including phenoxy) is 1. The van der Waals surface area contributed by atoms with Crippen molar-refractivity contribution < 1.29 is 14.3 Å². The largest absolute Gasteiger partial charge is 0.481 e. The van der Waals surface area contributed by atoms with Crippen LogP contribution in [0.2, 0.25) is 0 Å². The fourth-order valence-corrected chi connectivity index (χ4v) is 4.17. The van der Waals surface area contributed by atoms with Gasteiger partial charge in [0.25, 0.3) is 5.91 Å². The van der Waals surface area contributed by atoms with Crippen LogP contribution in [0.25, 0.3) is 16.6 Å². The van der Waals surface area contributed by atoms with E-state index in [2.05, 4.69) is 15.4 Å². The highest BCUT2D eigenvalue weighted by atomic mass is 16.5. The maximum absolute atomic E-state index is 12.3. The Kier molecular flexibility index (Phi) is 7.59. The summed E-state index contributed by atoms with van der Waals surface area (Å²) in [6.07, 6.45) is 4.79.